The molecule has 1 saturated heterocycles. The molecule has 0 aliphatic carbocycles. The first-order chi connectivity index (χ1) is 8.86. The van der Waals surface area contributed by atoms with Crippen molar-refractivity contribution in [3.8, 4) is 0 Å². The number of carbonyl (C=O) groups is 1. The Morgan fingerprint density at radius 1 is 1.33 bits per heavy atom. The quantitative estimate of drug-likeness (QED) is 0.640. The van der Waals surface area contributed by atoms with E-state index in [1.165, 1.54) is 5.56 Å². The molecule has 1 aromatic rings. The van der Waals surface area contributed by atoms with Crippen molar-refractivity contribution in [3.63, 3.8) is 0 Å². The molecule has 0 unspecified atom stereocenters. The largest absolute Gasteiger partial charge is 0.465 e. The molecular formula is C15H21NO2. The van der Waals surface area contributed by atoms with Crippen molar-refractivity contribution in [1.82, 2.24) is 5.32 Å². The molecule has 1 aromatic carbocycles. The van der Waals surface area contributed by atoms with Crippen molar-refractivity contribution < 1.29 is 9.53 Å². The summed E-state index contributed by atoms with van der Waals surface area (Å²) in [6.07, 6.45) is 3.90. The van der Waals surface area contributed by atoms with Crippen molar-refractivity contribution in [1.29, 1.82) is 0 Å². The first-order valence-corrected chi connectivity index (χ1v) is 6.77. The van der Waals surface area contributed by atoms with E-state index < -0.39 is 0 Å². The van der Waals surface area contributed by atoms with Crippen LogP contribution in [0.1, 0.15) is 24.8 Å². The van der Waals surface area contributed by atoms with E-state index in [0.717, 1.165) is 38.8 Å². The summed E-state index contributed by atoms with van der Waals surface area (Å²) < 4.78 is 5.32. The first kappa shape index (κ1) is 13.1. The number of rotatable bonds is 5. The number of hydrogen-bond donors (Lipinski definition) is 1. The van der Waals surface area contributed by atoms with Gasteiger partial charge in [0.2, 0.25) is 0 Å². The third kappa shape index (κ3) is 4.15. The molecule has 0 spiro atoms. The van der Waals surface area contributed by atoms with Crippen LogP contribution >= 0.6 is 0 Å². The number of nitrogens with one attached hydrogen (secondary N) is 1. The van der Waals surface area contributed by atoms with E-state index in [4.69, 9.17) is 4.74 Å². The summed E-state index contributed by atoms with van der Waals surface area (Å²) in [7, 11) is 0. The van der Waals surface area contributed by atoms with Crippen LogP contribution in [0.5, 0.6) is 0 Å². The molecule has 3 heteroatoms. The Bertz CT molecular complexity index is 358. The Morgan fingerprint density at radius 3 is 2.89 bits per heavy atom. The molecule has 1 fully saturated rings. The van der Waals surface area contributed by atoms with E-state index in [1.807, 2.05) is 18.2 Å². The Kier molecular flexibility index (Phi) is 5.21. The molecule has 0 bridgehead atoms. The summed E-state index contributed by atoms with van der Waals surface area (Å²) in [6.45, 7) is 2.33. The lowest BCUT2D eigenvalue weighted by Crippen LogP contribution is -2.35. The number of ether oxygens (including phenoxy) is 1. The van der Waals surface area contributed by atoms with Gasteiger partial charge in [-0.05, 0) is 37.8 Å². The van der Waals surface area contributed by atoms with Gasteiger partial charge in [0.05, 0.1) is 12.5 Å². The highest BCUT2D eigenvalue weighted by Crippen LogP contribution is 2.12. The molecular weight excluding hydrogens is 226 g/mol. The van der Waals surface area contributed by atoms with Gasteiger partial charge in [-0.3, -0.25) is 4.79 Å². The van der Waals surface area contributed by atoms with Gasteiger partial charge in [-0.25, -0.2) is 0 Å². The highest BCUT2D eigenvalue weighted by atomic mass is 16.5. The summed E-state index contributed by atoms with van der Waals surface area (Å²) >= 11 is 0. The van der Waals surface area contributed by atoms with Crippen molar-refractivity contribution in [2.45, 2.75) is 25.7 Å². The summed E-state index contributed by atoms with van der Waals surface area (Å²) in [4.78, 5) is 11.7. The normalized spacial score (nSPS) is 19.4. The summed E-state index contributed by atoms with van der Waals surface area (Å²) in [6, 6.07) is 10.3. The molecule has 1 atom stereocenters. The van der Waals surface area contributed by atoms with Gasteiger partial charge in [-0.2, -0.15) is 0 Å². The standard InChI is InChI=1S/C15H21NO2/c17-15(14-9-4-10-16-12-14)18-11-5-8-13-6-2-1-3-7-13/h1-3,6-7,14,16H,4-5,8-12H2/t14-/m0/s1. The second kappa shape index (κ2) is 7.17. The monoisotopic (exact) mass is 247 g/mol. The topological polar surface area (TPSA) is 38.3 Å². The van der Waals surface area contributed by atoms with Crippen LogP contribution in [-0.2, 0) is 16.0 Å². The molecule has 1 N–H and O–H groups in total. The van der Waals surface area contributed by atoms with E-state index >= 15 is 0 Å². The van der Waals surface area contributed by atoms with Gasteiger partial charge >= 0.3 is 5.97 Å². The van der Waals surface area contributed by atoms with E-state index in [0.29, 0.717) is 6.61 Å². The molecule has 2 rings (SSSR count). The second-order valence-electron chi connectivity index (χ2n) is 4.80. The van der Waals surface area contributed by atoms with Gasteiger partial charge in [0.1, 0.15) is 0 Å². The van der Waals surface area contributed by atoms with Gasteiger partial charge in [0, 0.05) is 6.54 Å². The highest BCUT2D eigenvalue weighted by molar-refractivity contribution is 5.72. The average Bonchev–Trinajstić information content (AvgIpc) is 2.45. The number of piperidine rings is 1. The minimum Gasteiger partial charge on any atom is -0.465 e. The second-order valence-corrected chi connectivity index (χ2v) is 4.80. The van der Waals surface area contributed by atoms with Crippen molar-refractivity contribution in [3.05, 3.63) is 35.9 Å². The lowest BCUT2D eigenvalue weighted by molar-refractivity contribution is -0.149. The number of hydrogen-bond acceptors (Lipinski definition) is 3. The lowest BCUT2D eigenvalue weighted by Gasteiger charge is -2.21. The van der Waals surface area contributed by atoms with Gasteiger partial charge < -0.3 is 10.1 Å². The van der Waals surface area contributed by atoms with Gasteiger partial charge in [-0.15, -0.1) is 0 Å². The van der Waals surface area contributed by atoms with E-state index in [2.05, 4.69) is 17.4 Å². The van der Waals surface area contributed by atoms with E-state index in [9.17, 15) is 4.79 Å². The fraction of sp³-hybridized carbons (Fsp3) is 0.533. The average molecular weight is 247 g/mol. The lowest BCUT2D eigenvalue weighted by atomic mass is 10.0. The number of carbonyl (C=O) groups excluding carboxylic acids is 1. The summed E-state index contributed by atoms with van der Waals surface area (Å²) in [5.41, 5.74) is 1.30. The molecule has 3 nitrogen and oxygen atoms in total. The predicted octanol–water partition coefficient (Wildman–Crippen LogP) is 2.16. The Balaban J connectivity index is 1.61. The maximum absolute atomic E-state index is 11.7. The zero-order valence-corrected chi connectivity index (χ0v) is 10.7. The number of esters is 1. The molecule has 0 aromatic heterocycles. The van der Waals surface area contributed by atoms with Crippen molar-refractivity contribution >= 4 is 5.97 Å². The van der Waals surface area contributed by atoms with Crippen LogP contribution in [0.2, 0.25) is 0 Å². The first-order valence-electron chi connectivity index (χ1n) is 6.77. The maximum Gasteiger partial charge on any atom is 0.310 e. The van der Waals surface area contributed by atoms with Crippen molar-refractivity contribution in [2.24, 2.45) is 5.92 Å². The molecule has 1 heterocycles. The Morgan fingerprint density at radius 2 is 2.17 bits per heavy atom. The smallest absolute Gasteiger partial charge is 0.310 e. The highest BCUT2D eigenvalue weighted by Gasteiger charge is 2.21. The van der Waals surface area contributed by atoms with Crippen molar-refractivity contribution in [2.75, 3.05) is 19.7 Å². The number of aryl methyl sites for hydroxylation is 1. The Hall–Kier alpha value is -1.35. The van der Waals surface area contributed by atoms with Gasteiger partial charge in [-0.1, -0.05) is 30.3 Å². The van der Waals surface area contributed by atoms with Crippen LogP contribution in [0.4, 0.5) is 0 Å². The Labute approximate surface area is 109 Å². The SMILES string of the molecule is O=C(OCCCc1ccccc1)[C@H]1CCCNC1. The van der Waals surface area contributed by atoms with Gasteiger partial charge in [0.15, 0.2) is 0 Å². The minimum atomic E-state index is -0.0322. The molecule has 18 heavy (non-hydrogen) atoms. The van der Waals surface area contributed by atoms with E-state index in [1.54, 1.807) is 0 Å². The molecule has 0 amide bonds. The zero-order chi connectivity index (χ0) is 12.6. The molecule has 1 aliphatic rings. The molecule has 98 valence electrons. The third-order valence-electron chi connectivity index (χ3n) is 3.33. The summed E-state index contributed by atoms with van der Waals surface area (Å²) in [5.74, 6) is 0.0331. The van der Waals surface area contributed by atoms with Crippen LogP contribution in [0.3, 0.4) is 0 Å². The van der Waals surface area contributed by atoms with Crippen LogP contribution in [-0.4, -0.2) is 25.7 Å². The molecule has 0 radical (unpaired) electrons. The van der Waals surface area contributed by atoms with Crippen LogP contribution in [0.15, 0.2) is 30.3 Å². The minimum absolute atomic E-state index is 0.0322. The zero-order valence-electron chi connectivity index (χ0n) is 10.7. The maximum atomic E-state index is 11.7. The summed E-state index contributed by atoms with van der Waals surface area (Å²) in [5, 5.41) is 3.23. The number of benzene rings is 1. The fourth-order valence-corrected chi connectivity index (χ4v) is 2.26. The van der Waals surface area contributed by atoms with Crippen LogP contribution in [0, 0.1) is 5.92 Å². The molecule has 1 aliphatic heterocycles. The third-order valence-corrected chi connectivity index (χ3v) is 3.33. The van der Waals surface area contributed by atoms with Crippen LogP contribution < -0.4 is 5.32 Å². The van der Waals surface area contributed by atoms with E-state index in [-0.39, 0.29) is 11.9 Å². The van der Waals surface area contributed by atoms with Gasteiger partial charge in [0.25, 0.3) is 0 Å². The predicted molar refractivity (Wildman–Crippen MR) is 71.3 cm³/mol. The van der Waals surface area contributed by atoms with Crippen LogP contribution in [0.25, 0.3) is 0 Å². The fourth-order valence-electron chi connectivity index (χ4n) is 2.26. The molecule has 0 saturated carbocycles.